The van der Waals surface area contributed by atoms with E-state index in [4.69, 9.17) is 21.1 Å². The molecule has 54 heavy (non-hydrogen) atoms. The third-order valence-corrected chi connectivity index (χ3v) is 11.6. The molecule has 0 radical (unpaired) electrons. The highest BCUT2D eigenvalue weighted by molar-refractivity contribution is 6.30. The lowest BCUT2D eigenvalue weighted by atomic mass is 9.84. The van der Waals surface area contributed by atoms with Crippen molar-refractivity contribution in [2.75, 3.05) is 19.6 Å². The van der Waals surface area contributed by atoms with Crippen LogP contribution in [0.1, 0.15) is 80.7 Å². The Bertz CT molecular complexity index is 2090. The lowest BCUT2D eigenvalue weighted by Crippen LogP contribution is -2.49. The van der Waals surface area contributed by atoms with E-state index in [2.05, 4.69) is 11.8 Å². The van der Waals surface area contributed by atoms with Crippen molar-refractivity contribution >= 4 is 23.4 Å². The third kappa shape index (κ3) is 7.13. The number of ether oxygens (including phenoxy) is 2. The summed E-state index contributed by atoms with van der Waals surface area (Å²) in [5.41, 5.74) is 6.36. The predicted molar refractivity (Wildman–Crippen MR) is 207 cm³/mol. The molecule has 2 N–H and O–H groups in total. The summed E-state index contributed by atoms with van der Waals surface area (Å²) in [4.78, 5) is 30.0. The number of hydrogen-bond acceptors (Lipinski definition) is 7. The van der Waals surface area contributed by atoms with Gasteiger partial charge in [0.05, 0.1) is 42.1 Å². The fourth-order valence-electron chi connectivity index (χ4n) is 8.05. The number of amides is 2. The van der Waals surface area contributed by atoms with Gasteiger partial charge in [0.2, 0.25) is 0 Å². The van der Waals surface area contributed by atoms with Gasteiger partial charge in [0.1, 0.15) is 0 Å². The second-order valence-corrected chi connectivity index (χ2v) is 15.1. The normalized spacial score (nSPS) is 22.7. The Labute approximate surface area is 320 Å². The minimum Gasteiger partial charge on any atom is -0.392 e. The van der Waals surface area contributed by atoms with Crippen LogP contribution >= 0.6 is 11.6 Å². The third-order valence-electron chi connectivity index (χ3n) is 11.3. The quantitative estimate of drug-likeness (QED) is 0.147. The number of carbonyl (C=O) groups excluding carboxylic acids is 2. The number of likely N-dealkylation sites (tertiary alicyclic amines) is 1. The van der Waals surface area contributed by atoms with Gasteiger partial charge < -0.3 is 24.6 Å². The van der Waals surface area contributed by atoms with Crippen molar-refractivity contribution in [3.63, 3.8) is 0 Å². The fraction of sp³-hybridized carbons (Fsp3) is 0.289. The lowest BCUT2D eigenvalue weighted by molar-refractivity contribution is -0.277. The van der Waals surface area contributed by atoms with Gasteiger partial charge in [-0.15, -0.1) is 0 Å². The number of imide groups is 1. The highest BCUT2D eigenvalue weighted by Crippen LogP contribution is 2.43. The molecule has 4 unspecified atom stereocenters. The van der Waals surface area contributed by atoms with Crippen molar-refractivity contribution in [3.8, 4) is 11.1 Å². The molecule has 0 saturated carbocycles. The van der Waals surface area contributed by atoms with Crippen LogP contribution < -0.4 is 0 Å². The van der Waals surface area contributed by atoms with Gasteiger partial charge in [-0.1, -0.05) is 116 Å². The molecular weight excluding hydrogens is 700 g/mol. The molecule has 276 valence electrons. The zero-order valence-corrected chi connectivity index (χ0v) is 30.9. The van der Waals surface area contributed by atoms with Gasteiger partial charge in [-0.25, -0.2) is 0 Å². The van der Waals surface area contributed by atoms with E-state index in [1.54, 1.807) is 24.3 Å². The number of benzene rings is 5. The largest absolute Gasteiger partial charge is 0.392 e. The molecule has 4 atom stereocenters. The molecule has 2 saturated heterocycles. The summed E-state index contributed by atoms with van der Waals surface area (Å²) < 4.78 is 13.5. The van der Waals surface area contributed by atoms with Crippen molar-refractivity contribution in [2.45, 2.75) is 57.0 Å². The van der Waals surface area contributed by atoms with Gasteiger partial charge in [0, 0.05) is 36.1 Å². The van der Waals surface area contributed by atoms with E-state index < -0.39 is 11.9 Å². The van der Waals surface area contributed by atoms with Crippen LogP contribution in [0.3, 0.4) is 0 Å². The number of hydrogen-bond donors (Lipinski definition) is 2. The van der Waals surface area contributed by atoms with Crippen LogP contribution in [-0.2, 0) is 28.2 Å². The summed E-state index contributed by atoms with van der Waals surface area (Å²) in [6.07, 6.45) is 0.174. The first-order valence-corrected chi connectivity index (χ1v) is 18.9. The summed E-state index contributed by atoms with van der Waals surface area (Å²) in [5, 5.41) is 21.8. The van der Waals surface area contributed by atoms with Crippen LogP contribution in [0.15, 0.2) is 121 Å². The van der Waals surface area contributed by atoms with Crippen molar-refractivity contribution < 1.29 is 29.3 Å². The van der Waals surface area contributed by atoms with Crippen LogP contribution in [0.2, 0.25) is 5.02 Å². The monoisotopic (exact) mass is 742 g/mol. The number of rotatable bonds is 9. The molecule has 3 heterocycles. The van der Waals surface area contributed by atoms with Crippen molar-refractivity contribution in [3.05, 3.63) is 165 Å². The molecule has 3 aliphatic heterocycles. The highest BCUT2D eigenvalue weighted by Gasteiger charge is 2.41. The summed E-state index contributed by atoms with van der Waals surface area (Å²) in [6, 6.07) is 38.3. The maximum Gasteiger partial charge on any atom is 0.261 e. The van der Waals surface area contributed by atoms with Gasteiger partial charge >= 0.3 is 0 Å². The number of aliphatic hydroxyl groups excluding tert-OH is 1. The second-order valence-electron chi connectivity index (χ2n) is 14.7. The minimum absolute atomic E-state index is 0.0200. The second kappa shape index (κ2) is 15.2. The molecule has 8 nitrogen and oxygen atoms in total. The Morgan fingerprint density at radius 2 is 1.33 bits per heavy atom. The van der Waals surface area contributed by atoms with Crippen molar-refractivity contribution in [1.82, 2.24) is 9.80 Å². The zero-order valence-electron chi connectivity index (χ0n) is 30.1. The van der Waals surface area contributed by atoms with Gasteiger partial charge in [-0.05, 0) is 70.5 Å². The maximum atomic E-state index is 13.2. The average molecular weight is 743 g/mol. The molecule has 3 aliphatic rings. The molecule has 0 aliphatic carbocycles. The molecular formula is C45H43ClN2O6. The summed E-state index contributed by atoms with van der Waals surface area (Å²) >= 11 is 6.11. The smallest absolute Gasteiger partial charge is 0.261 e. The number of piperidine rings is 1. The fourth-order valence-corrected chi connectivity index (χ4v) is 8.18. The molecule has 5 aromatic rings. The zero-order chi connectivity index (χ0) is 37.4. The summed E-state index contributed by atoms with van der Waals surface area (Å²) in [6.45, 7) is 4.44. The Balaban J connectivity index is 1.01. The van der Waals surface area contributed by atoms with E-state index in [-0.39, 0.29) is 43.1 Å². The standard InChI is InChI=1S/C45H43ClN2O6/c1-29-40(27-47-24-22-45(52,23-25-47)35-18-20-36(46)21-19-35)53-44(54-41(29)32-12-10-30(28-49)11-13-32)33-16-14-31(15-17-33)37-7-3-2-6-34(37)26-48-42(50)38-8-4-5-9-39(38)43(48)51/h2-21,29,40-41,44,49,52H,22-28H2,1H3. The van der Waals surface area contributed by atoms with E-state index in [1.165, 1.54) is 4.90 Å². The first-order chi connectivity index (χ1) is 26.2. The predicted octanol–water partition coefficient (Wildman–Crippen LogP) is 8.07. The van der Waals surface area contributed by atoms with Crippen molar-refractivity contribution in [1.29, 1.82) is 0 Å². The van der Waals surface area contributed by atoms with E-state index >= 15 is 0 Å². The molecule has 0 spiro atoms. The SMILES string of the molecule is CC1C(CN2CCC(O)(c3ccc(Cl)cc3)CC2)OC(c2ccc(-c3ccccc3CN3C(=O)c4ccccc4C3=O)cc2)OC1c1ccc(CO)cc1. The van der Waals surface area contributed by atoms with E-state index in [0.29, 0.717) is 35.5 Å². The van der Waals surface area contributed by atoms with Crippen molar-refractivity contribution in [2.24, 2.45) is 5.92 Å². The summed E-state index contributed by atoms with van der Waals surface area (Å²) in [7, 11) is 0. The van der Waals surface area contributed by atoms with Gasteiger partial charge in [0.25, 0.3) is 11.8 Å². The average Bonchev–Trinajstić information content (AvgIpc) is 3.45. The first-order valence-electron chi connectivity index (χ1n) is 18.6. The highest BCUT2D eigenvalue weighted by atomic mass is 35.5. The lowest BCUT2D eigenvalue weighted by Gasteiger charge is -2.45. The number of aliphatic hydroxyl groups is 2. The van der Waals surface area contributed by atoms with E-state index in [9.17, 15) is 19.8 Å². The van der Waals surface area contributed by atoms with Gasteiger partial charge in [-0.2, -0.15) is 0 Å². The Morgan fingerprint density at radius 3 is 1.96 bits per heavy atom. The molecule has 9 heteroatoms. The van der Waals surface area contributed by atoms with E-state index in [0.717, 1.165) is 52.0 Å². The summed E-state index contributed by atoms with van der Waals surface area (Å²) in [5.74, 6) is -0.538. The Morgan fingerprint density at radius 1 is 0.741 bits per heavy atom. The Kier molecular flexibility index (Phi) is 10.2. The van der Waals surface area contributed by atoms with E-state index in [1.807, 2.05) is 97.1 Å². The minimum atomic E-state index is -0.895. The van der Waals surface area contributed by atoms with Crippen LogP contribution in [0.25, 0.3) is 11.1 Å². The number of nitrogens with zero attached hydrogens (tertiary/aromatic N) is 2. The molecule has 5 aromatic carbocycles. The number of fused-ring (bicyclic) bond motifs is 1. The molecule has 2 amide bonds. The molecule has 2 fully saturated rings. The molecule has 0 aromatic heterocycles. The molecule has 0 bridgehead atoms. The Hall–Kier alpha value is -4.67. The number of halogens is 1. The molecule has 8 rings (SSSR count). The van der Waals surface area contributed by atoms with Crippen LogP contribution in [0, 0.1) is 5.92 Å². The number of carbonyl (C=O) groups is 2. The van der Waals surface area contributed by atoms with Crippen LogP contribution in [-0.4, -0.2) is 57.6 Å². The maximum absolute atomic E-state index is 13.2. The first kappa shape index (κ1) is 36.3. The van der Waals surface area contributed by atoms with Crippen LogP contribution in [0.5, 0.6) is 0 Å². The van der Waals surface area contributed by atoms with Gasteiger partial charge in [-0.3, -0.25) is 14.5 Å². The van der Waals surface area contributed by atoms with Crippen LogP contribution in [0.4, 0.5) is 0 Å². The topological polar surface area (TPSA) is 99.5 Å². The van der Waals surface area contributed by atoms with Gasteiger partial charge in [0.15, 0.2) is 6.29 Å².